The van der Waals surface area contributed by atoms with Gasteiger partial charge in [0.25, 0.3) is 0 Å². The van der Waals surface area contributed by atoms with Gasteiger partial charge in [0.1, 0.15) is 0 Å². The Morgan fingerprint density at radius 1 is 1.61 bits per heavy atom. The van der Waals surface area contributed by atoms with Gasteiger partial charge in [0.15, 0.2) is 5.16 Å². The van der Waals surface area contributed by atoms with Crippen molar-refractivity contribution in [2.24, 2.45) is 0 Å². The smallest absolute Gasteiger partial charge is 0.313 e. The molecule has 0 fully saturated rings. The van der Waals surface area contributed by atoms with Crippen LogP contribution in [0.4, 0.5) is 0 Å². The molecule has 0 saturated heterocycles. The fraction of sp³-hybridized carbons (Fsp3) is 0.231. The van der Waals surface area contributed by atoms with Gasteiger partial charge in [-0.25, -0.2) is 4.98 Å². The normalized spacial score (nSPS) is 12.5. The van der Waals surface area contributed by atoms with E-state index in [9.17, 15) is 4.79 Å². The quantitative estimate of drug-likeness (QED) is 0.665. The SMILES string of the molecule is C=CC(C)n1c(SCC(=O)O)nc2ccccc21. The molecular formula is C13H14N2O2S. The van der Waals surface area contributed by atoms with Gasteiger partial charge in [-0.2, -0.15) is 0 Å². The number of hydrogen-bond donors (Lipinski definition) is 1. The molecule has 0 aliphatic carbocycles. The third-order valence-electron chi connectivity index (χ3n) is 2.64. The number of benzene rings is 1. The number of rotatable bonds is 5. The van der Waals surface area contributed by atoms with Crippen LogP contribution in [0.3, 0.4) is 0 Å². The van der Waals surface area contributed by atoms with E-state index in [0.717, 1.165) is 11.0 Å². The van der Waals surface area contributed by atoms with Gasteiger partial charge in [-0.05, 0) is 19.1 Å². The van der Waals surface area contributed by atoms with Crippen LogP contribution in [0.25, 0.3) is 11.0 Å². The summed E-state index contributed by atoms with van der Waals surface area (Å²) in [5, 5.41) is 9.47. The lowest BCUT2D eigenvalue weighted by molar-refractivity contribution is -0.133. The number of carbonyl (C=O) groups is 1. The van der Waals surface area contributed by atoms with Crippen molar-refractivity contribution in [2.45, 2.75) is 18.1 Å². The first-order valence-corrected chi connectivity index (χ1v) is 6.56. The van der Waals surface area contributed by atoms with Crippen molar-refractivity contribution >= 4 is 28.8 Å². The van der Waals surface area contributed by atoms with Crippen molar-refractivity contribution < 1.29 is 9.90 Å². The standard InChI is InChI=1S/C13H14N2O2S/c1-3-9(2)15-11-7-5-4-6-10(11)14-13(15)18-8-12(16)17/h3-7,9H,1,8H2,2H3,(H,16,17). The van der Waals surface area contributed by atoms with Gasteiger partial charge in [-0.1, -0.05) is 30.0 Å². The van der Waals surface area contributed by atoms with Gasteiger partial charge in [0.05, 0.1) is 22.8 Å². The van der Waals surface area contributed by atoms with E-state index in [2.05, 4.69) is 11.6 Å². The van der Waals surface area contributed by atoms with Crippen LogP contribution >= 0.6 is 11.8 Å². The molecule has 0 aliphatic heterocycles. The number of carboxylic acids is 1. The average molecular weight is 262 g/mol. The number of hydrogen-bond acceptors (Lipinski definition) is 3. The Bertz CT molecular complexity index is 592. The Balaban J connectivity index is 2.49. The first-order valence-electron chi connectivity index (χ1n) is 5.57. The highest BCUT2D eigenvalue weighted by Gasteiger charge is 2.15. The third kappa shape index (κ3) is 2.41. The average Bonchev–Trinajstić information content (AvgIpc) is 2.73. The number of para-hydroxylation sites is 2. The molecule has 94 valence electrons. The van der Waals surface area contributed by atoms with Gasteiger partial charge in [0, 0.05) is 0 Å². The Hall–Kier alpha value is -1.75. The molecule has 2 aromatic rings. The number of imidazole rings is 1. The van der Waals surface area contributed by atoms with E-state index in [0.29, 0.717) is 5.16 Å². The van der Waals surface area contributed by atoms with Crippen LogP contribution in [0.5, 0.6) is 0 Å². The molecule has 1 aromatic heterocycles. The van der Waals surface area contributed by atoms with Crippen LogP contribution < -0.4 is 0 Å². The van der Waals surface area contributed by atoms with Crippen LogP contribution in [-0.2, 0) is 4.79 Å². The lowest BCUT2D eigenvalue weighted by Gasteiger charge is -2.12. The summed E-state index contributed by atoms with van der Waals surface area (Å²) >= 11 is 1.23. The summed E-state index contributed by atoms with van der Waals surface area (Å²) in [6, 6.07) is 7.85. The molecule has 1 heterocycles. The molecule has 0 spiro atoms. The third-order valence-corrected chi connectivity index (χ3v) is 3.57. The summed E-state index contributed by atoms with van der Waals surface area (Å²) in [6.07, 6.45) is 1.82. The molecule has 1 unspecified atom stereocenters. The Labute approximate surface area is 109 Å². The maximum absolute atomic E-state index is 10.7. The van der Waals surface area contributed by atoms with Crippen molar-refractivity contribution in [2.75, 3.05) is 5.75 Å². The first kappa shape index (κ1) is 12.7. The predicted molar refractivity (Wildman–Crippen MR) is 73.0 cm³/mol. The molecule has 0 aliphatic rings. The molecule has 18 heavy (non-hydrogen) atoms. The number of carboxylic acid groups (broad SMARTS) is 1. The highest BCUT2D eigenvalue weighted by molar-refractivity contribution is 7.99. The number of fused-ring (bicyclic) bond motifs is 1. The van der Waals surface area contributed by atoms with Crippen molar-refractivity contribution in [3.8, 4) is 0 Å². The van der Waals surface area contributed by atoms with Gasteiger partial charge in [-0.3, -0.25) is 4.79 Å². The van der Waals surface area contributed by atoms with Crippen molar-refractivity contribution in [1.82, 2.24) is 9.55 Å². The van der Waals surface area contributed by atoms with Gasteiger partial charge in [-0.15, -0.1) is 6.58 Å². The summed E-state index contributed by atoms with van der Waals surface area (Å²) in [4.78, 5) is 15.1. The van der Waals surface area contributed by atoms with Crippen LogP contribution in [0.2, 0.25) is 0 Å². The van der Waals surface area contributed by atoms with Gasteiger partial charge < -0.3 is 9.67 Å². The maximum Gasteiger partial charge on any atom is 0.313 e. The van der Waals surface area contributed by atoms with Crippen LogP contribution in [0.1, 0.15) is 13.0 Å². The van der Waals surface area contributed by atoms with E-state index in [1.54, 1.807) is 0 Å². The van der Waals surface area contributed by atoms with Gasteiger partial charge >= 0.3 is 5.97 Å². The summed E-state index contributed by atoms with van der Waals surface area (Å²) < 4.78 is 2.01. The highest BCUT2D eigenvalue weighted by Crippen LogP contribution is 2.27. The number of thioether (sulfide) groups is 1. The van der Waals surface area contributed by atoms with E-state index >= 15 is 0 Å². The predicted octanol–water partition coefficient (Wildman–Crippen LogP) is 2.96. The van der Waals surface area contributed by atoms with E-state index in [4.69, 9.17) is 5.11 Å². The summed E-state index contributed by atoms with van der Waals surface area (Å²) in [5.74, 6) is -0.836. The summed E-state index contributed by atoms with van der Waals surface area (Å²) in [7, 11) is 0. The minimum absolute atomic E-state index is 0.00713. The Kier molecular flexibility index (Phi) is 3.72. The fourth-order valence-electron chi connectivity index (χ4n) is 1.75. The second-order valence-electron chi connectivity index (χ2n) is 3.91. The van der Waals surface area contributed by atoms with Crippen molar-refractivity contribution in [3.63, 3.8) is 0 Å². The van der Waals surface area contributed by atoms with Crippen LogP contribution in [0, 0.1) is 0 Å². The molecule has 0 amide bonds. The molecule has 1 aromatic carbocycles. The first-order chi connectivity index (χ1) is 8.63. The molecule has 1 N–H and O–H groups in total. The van der Waals surface area contributed by atoms with Crippen LogP contribution in [0.15, 0.2) is 42.1 Å². The monoisotopic (exact) mass is 262 g/mol. The largest absolute Gasteiger partial charge is 0.481 e. The molecule has 0 bridgehead atoms. The van der Waals surface area contributed by atoms with E-state index < -0.39 is 5.97 Å². The second-order valence-corrected chi connectivity index (χ2v) is 4.85. The number of allylic oxidation sites excluding steroid dienone is 1. The second kappa shape index (κ2) is 5.27. The minimum atomic E-state index is -0.843. The molecule has 0 radical (unpaired) electrons. The molecule has 2 rings (SSSR count). The lowest BCUT2D eigenvalue weighted by atomic mass is 10.3. The molecule has 4 nitrogen and oxygen atoms in total. The number of nitrogens with zero attached hydrogens (tertiary/aromatic N) is 2. The van der Waals surface area contributed by atoms with E-state index in [1.165, 1.54) is 11.8 Å². The molecule has 5 heteroatoms. The molecule has 0 saturated carbocycles. The fourth-order valence-corrected chi connectivity index (χ4v) is 2.57. The van der Waals surface area contributed by atoms with Crippen molar-refractivity contribution in [3.05, 3.63) is 36.9 Å². The summed E-state index contributed by atoms with van der Waals surface area (Å²) in [5.41, 5.74) is 1.87. The summed E-state index contributed by atoms with van der Waals surface area (Å²) in [6.45, 7) is 5.79. The van der Waals surface area contributed by atoms with E-state index in [-0.39, 0.29) is 11.8 Å². The van der Waals surface area contributed by atoms with Crippen LogP contribution in [-0.4, -0.2) is 26.4 Å². The zero-order chi connectivity index (χ0) is 13.1. The Morgan fingerprint density at radius 3 is 3.00 bits per heavy atom. The molecule has 1 atom stereocenters. The molecular weight excluding hydrogens is 248 g/mol. The van der Waals surface area contributed by atoms with Gasteiger partial charge in [0.2, 0.25) is 0 Å². The van der Waals surface area contributed by atoms with E-state index in [1.807, 2.05) is 41.8 Å². The lowest BCUT2D eigenvalue weighted by Crippen LogP contribution is -2.05. The number of aromatic nitrogens is 2. The zero-order valence-corrected chi connectivity index (χ0v) is 10.9. The Morgan fingerprint density at radius 2 is 2.33 bits per heavy atom. The highest BCUT2D eigenvalue weighted by atomic mass is 32.2. The number of aliphatic carboxylic acids is 1. The van der Waals surface area contributed by atoms with Crippen molar-refractivity contribution in [1.29, 1.82) is 0 Å². The zero-order valence-electron chi connectivity index (χ0n) is 10.0. The topological polar surface area (TPSA) is 55.1 Å². The minimum Gasteiger partial charge on any atom is -0.481 e. The maximum atomic E-state index is 10.7.